The van der Waals surface area contributed by atoms with Crippen LogP contribution in [0.1, 0.15) is 30.9 Å². The monoisotopic (exact) mass is 224 g/mol. The first kappa shape index (κ1) is 12.4. The van der Waals surface area contributed by atoms with Crippen LogP contribution in [0.5, 0.6) is 11.5 Å². The molecule has 0 spiro atoms. The molecule has 1 aromatic rings. The van der Waals surface area contributed by atoms with Gasteiger partial charge in [-0.1, -0.05) is 13.0 Å². The molecule has 0 aromatic heterocycles. The molecule has 1 aromatic carbocycles. The van der Waals surface area contributed by atoms with Crippen molar-refractivity contribution in [3.05, 3.63) is 23.3 Å². The molecule has 0 amide bonds. The van der Waals surface area contributed by atoms with Crippen molar-refractivity contribution in [1.82, 2.24) is 0 Å². The number of carbonyl (C=O) groups is 1. The number of carboxylic acid groups (broad SMARTS) is 1. The molecule has 0 heterocycles. The van der Waals surface area contributed by atoms with E-state index in [0.29, 0.717) is 11.3 Å². The normalized spacial score (nSPS) is 12.2. The maximum Gasteiger partial charge on any atom is 0.310 e. The lowest BCUT2D eigenvalue weighted by Crippen LogP contribution is -2.08. The molecule has 2 N–H and O–H groups in total. The Bertz CT molecular complexity index is 398. The summed E-state index contributed by atoms with van der Waals surface area (Å²) in [5.41, 5.74) is 1.33. The molecule has 0 saturated heterocycles. The van der Waals surface area contributed by atoms with Crippen molar-refractivity contribution in [3.63, 3.8) is 0 Å². The highest BCUT2D eigenvalue weighted by Gasteiger charge is 2.20. The number of aromatic hydroxyl groups is 1. The third kappa shape index (κ3) is 2.27. The van der Waals surface area contributed by atoms with Gasteiger partial charge in [0.1, 0.15) is 0 Å². The molecule has 0 aliphatic carbocycles. The lowest BCUT2D eigenvalue weighted by molar-refractivity contribution is -0.138. The zero-order valence-corrected chi connectivity index (χ0v) is 9.65. The molecule has 0 radical (unpaired) electrons. The molecule has 0 aliphatic rings. The van der Waals surface area contributed by atoms with E-state index in [-0.39, 0.29) is 5.75 Å². The van der Waals surface area contributed by atoms with Gasteiger partial charge in [0.25, 0.3) is 0 Å². The molecule has 1 atom stereocenters. The quantitative estimate of drug-likeness (QED) is 0.822. The zero-order valence-electron chi connectivity index (χ0n) is 9.65. The van der Waals surface area contributed by atoms with Gasteiger partial charge >= 0.3 is 5.97 Å². The molecule has 1 unspecified atom stereocenters. The Morgan fingerprint density at radius 1 is 1.50 bits per heavy atom. The van der Waals surface area contributed by atoms with Crippen LogP contribution >= 0.6 is 0 Å². The van der Waals surface area contributed by atoms with Crippen molar-refractivity contribution in [1.29, 1.82) is 0 Å². The van der Waals surface area contributed by atoms with Crippen LogP contribution in [0.2, 0.25) is 0 Å². The van der Waals surface area contributed by atoms with E-state index in [2.05, 4.69) is 0 Å². The fourth-order valence-corrected chi connectivity index (χ4v) is 1.51. The summed E-state index contributed by atoms with van der Waals surface area (Å²) in [7, 11) is 1.45. The number of hydrogen-bond acceptors (Lipinski definition) is 3. The first-order chi connectivity index (χ1) is 7.51. The van der Waals surface area contributed by atoms with E-state index in [4.69, 9.17) is 9.84 Å². The van der Waals surface area contributed by atoms with Crippen LogP contribution in [0.4, 0.5) is 0 Å². The van der Waals surface area contributed by atoms with Crippen LogP contribution in [0.15, 0.2) is 12.1 Å². The number of methoxy groups -OCH3 is 1. The highest BCUT2D eigenvalue weighted by molar-refractivity contribution is 5.77. The summed E-state index contributed by atoms with van der Waals surface area (Å²) in [5.74, 6) is -1.48. The van der Waals surface area contributed by atoms with Gasteiger partial charge in [0, 0.05) is 5.56 Å². The van der Waals surface area contributed by atoms with Crippen LogP contribution in [0.3, 0.4) is 0 Å². The summed E-state index contributed by atoms with van der Waals surface area (Å²) >= 11 is 0. The summed E-state index contributed by atoms with van der Waals surface area (Å²) < 4.78 is 5.02. The van der Waals surface area contributed by atoms with E-state index in [1.807, 2.05) is 6.92 Å². The van der Waals surface area contributed by atoms with Crippen LogP contribution in [-0.2, 0) is 11.2 Å². The largest absolute Gasteiger partial charge is 0.504 e. The minimum atomic E-state index is -0.967. The van der Waals surface area contributed by atoms with E-state index in [1.165, 1.54) is 14.0 Å². The topological polar surface area (TPSA) is 66.8 Å². The van der Waals surface area contributed by atoms with E-state index < -0.39 is 11.9 Å². The Morgan fingerprint density at radius 3 is 2.56 bits per heavy atom. The molecule has 0 bridgehead atoms. The zero-order chi connectivity index (χ0) is 12.3. The first-order valence-electron chi connectivity index (χ1n) is 5.13. The first-order valence-corrected chi connectivity index (χ1v) is 5.13. The second kappa shape index (κ2) is 4.88. The van der Waals surface area contributed by atoms with Crippen molar-refractivity contribution < 1.29 is 19.7 Å². The van der Waals surface area contributed by atoms with Gasteiger partial charge in [0.2, 0.25) is 0 Å². The summed E-state index contributed by atoms with van der Waals surface area (Å²) in [6.07, 6.45) is 0.760. The smallest absolute Gasteiger partial charge is 0.310 e. The number of carboxylic acids is 1. The van der Waals surface area contributed by atoms with Gasteiger partial charge in [-0.25, -0.2) is 0 Å². The summed E-state index contributed by atoms with van der Waals surface area (Å²) in [6, 6.07) is 3.42. The van der Waals surface area contributed by atoms with Gasteiger partial charge in [-0.15, -0.1) is 0 Å². The summed E-state index contributed by atoms with van der Waals surface area (Å²) in [5, 5.41) is 18.8. The van der Waals surface area contributed by atoms with E-state index in [0.717, 1.165) is 12.0 Å². The number of rotatable bonds is 4. The number of ether oxygens (including phenoxy) is 1. The number of aryl methyl sites for hydroxylation is 1. The van der Waals surface area contributed by atoms with Crippen molar-refractivity contribution >= 4 is 5.97 Å². The number of benzene rings is 1. The third-order valence-electron chi connectivity index (χ3n) is 2.63. The molecule has 4 heteroatoms. The molecule has 16 heavy (non-hydrogen) atoms. The van der Waals surface area contributed by atoms with Gasteiger partial charge in [-0.2, -0.15) is 0 Å². The molecule has 1 rings (SSSR count). The average molecular weight is 224 g/mol. The van der Waals surface area contributed by atoms with Crippen LogP contribution in [0.25, 0.3) is 0 Å². The molecule has 4 nitrogen and oxygen atoms in total. The van der Waals surface area contributed by atoms with E-state index >= 15 is 0 Å². The second-order valence-corrected chi connectivity index (χ2v) is 3.65. The summed E-state index contributed by atoms with van der Waals surface area (Å²) in [6.45, 7) is 3.50. The second-order valence-electron chi connectivity index (χ2n) is 3.65. The van der Waals surface area contributed by atoms with Gasteiger partial charge in [-0.3, -0.25) is 4.79 Å². The van der Waals surface area contributed by atoms with E-state index in [9.17, 15) is 9.90 Å². The lowest BCUT2D eigenvalue weighted by Gasteiger charge is -2.14. The number of hydrogen-bond donors (Lipinski definition) is 2. The van der Waals surface area contributed by atoms with Crippen molar-refractivity contribution in [2.24, 2.45) is 0 Å². The minimum Gasteiger partial charge on any atom is -0.504 e. The standard InChI is InChI=1S/C12H16O4/c1-4-8-5-9(7(2)12(14)15)11(13)10(6-8)16-3/h5-7,13H,4H2,1-3H3,(H,14,15). The average Bonchev–Trinajstić information content (AvgIpc) is 2.28. The van der Waals surface area contributed by atoms with Gasteiger partial charge in [-0.05, 0) is 25.0 Å². The molecule has 0 aliphatic heterocycles. The molecule has 0 fully saturated rings. The Morgan fingerprint density at radius 2 is 2.12 bits per heavy atom. The Hall–Kier alpha value is -1.71. The van der Waals surface area contributed by atoms with Crippen LogP contribution in [0, 0.1) is 0 Å². The third-order valence-corrected chi connectivity index (χ3v) is 2.63. The van der Waals surface area contributed by atoms with Crippen molar-refractivity contribution in [3.8, 4) is 11.5 Å². The molecular formula is C12H16O4. The van der Waals surface area contributed by atoms with Crippen LogP contribution < -0.4 is 4.74 Å². The van der Waals surface area contributed by atoms with Gasteiger partial charge < -0.3 is 14.9 Å². The molecule has 0 saturated carbocycles. The Kier molecular flexibility index (Phi) is 3.77. The highest BCUT2D eigenvalue weighted by atomic mass is 16.5. The van der Waals surface area contributed by atoms with Crippen LogP contribution in [-0.4, -0.2) is 23.3 Å². The molecular weight excluding hydrogens is 208 g/mol. The Balaban J connectivity index is 3.31. The lowest BCUT2D eigenvalue weighted by atomic mass is 9.96. The predicted molar refractivity (Wildman–Crippen MR) is 60.1 cm³/mol. The van der Waals surface area contributed by atoms with E-state index in [1.54, 1.807) is 12.1 Å². The number of aliphatic carboxylic acids is 1. The fraction of sp³-hybridized carbons (Fsp3) is 0.417. The fourth-order valence-electron chi connectivity index (χ4n) is 1.51. The summed E-state index contributed by atoms with van der Waals surface area (Å²) in [4.78, 5) is 10.9. The van der Waals surface area contributed by atoms with Gasteiger partial charge in [0.15, 0.2) is 11.5 Å². The van der Waals surface area contributed by atoms with Gasteiger partial charge in [0.05, 0.1) is 13.0 Å². The Labute approximate surface area is 94.5 Å². The van der Waals surface area contributed by atoms with Crippen molar-refractivity contribution in [2.45, 2.75) is 26.2 Å². The van der Waals surface area contributed by atoms with Crippen molar-refractivity contribution in [2.75, 3.05) is 7.11 Å². The number of phenolic OH excluding ortho intramolecular Hbond substituents is 1. The number of phenols is 1. The maximum atomic E-state index is 10.9. The predicted octanol–water partition coefficient (Wildman–Crippen LogP) is 2.15. The maximum absolute atomic E-state index is 10.9. The highest BCUT2D eigenvalue weighted by Crippen LogP contribution is 2.36. The SMILES string of the molecule is CCc1cc(OC)c(O)c(C(C)C(=O)O)c1. The molecule has 88 valence electrons. The minimum absolute atomic E-state index is 0.0883.